The van der Waals surface area contributed by atoms with Gasteiger partial charge in [-0.05, 0) is 31.4 Å². The number of aromatic carboxylic acids is 2. The van der Waals surface area contributed by atoms with Crippen LogP contribution in [0.3, 0.4) is 0 Å². The minimum Gasteiger partial charge on any atom is -0.494 e. The van der Waals surface area contributed by atoms with Crippen LogP contribution in [0.5, 0.6) is 17.2 Å². The maximum Gasteiger partial charge on any atom is 0.337 e. The first-order chi connectivity index (χ1) is 13.8. The Kier molecular flexibility index (Phi) is 7.53. The number of unbranched alkanes of at least 4 members (excludes halogenated alkanes) is 2. The quantitative estimate of drug-likeness (QED) is 0.327. The predicted molar refractivity (Wildman–Crippen MR) is 107 cm³/mol. The zero-order valence-electron chi connectivity index (χ0n) is 16.0. The highest BCUT2D eigenvalue weighted by atomic mass is 16.5. The lowest BCUT2D eigenvalue weighted by atomic mass is 10.1. The van der Waals surface area contributed by atoms with Crippen LogP contribution < -0.4 is 25.7 Å². The number of rotatable bonds is 11. The molecule has 156 valence electrons. The van der Waals surface area contributed by atoms with Crippen LogP contribution in [-0.4, -0.2) is 42.5 Å². The van der Waals surface area contributed by atoms with Crippen molar-refractivity contribution in [1.29, 1.82) is 0 Å². The first-order valence-corrected chi connectivity index (χ1v) is 8.92. The van der Waals surface area contributed by atoms with E-state index in [1.54, 1.807) is 6.07 Å². The van der Waals surface area contributed by atoms with Crippen LogP contribution in [0, 0.1) is 0 Å². The molecule has 2 rings (SSSR count). The maximum absolute atomic E-state index is 11.1. The van der Waals surface area contributed by atoms with Crippen molar-refractivity contribution in [3.8, 4) is 17.2 Å². The Bertz CT molecular complexity index is 883. The molecule has 0 saturated heterocycles. The maximum atomic E-state index is 11.1. The van der Waals surface area contributed by atoms with Gasteiger partial charge < -0.3 is 35.9 Å². The van der Waals surface area contributed by atoms with Gasteiger partial charge in [-0.1, -0.05) is 0 Å². The number of hydrogen-bond acceptors (Lipinski definition) is 7. The molecule has 0 bridgehead atoms. The lowest BCUT2D eigenvalue weighted by Gasteiger charge is -2.13. The topological polar surface area (TPSA) is 154 Å². The number of methoxy groups -OCH3 is 1. The van der Waals surface area contributed by atoms with E-state index in [0.717, 1.165) is 19.3 Å². The van der Waals surface area contributed by atoms with Crippen molar-refractivity contribution < 1.29 is 34.0 Å². The molecule has 9 heteroatoms. The van der Waals surface area contributed by atoms with Crippen molar-refractivity contribution in [2.45, 2.75) is 19.3 Å². The van der Waals surface area contributed by atoms with E-state index in [-0.39, 0.29) is 22.5 Å². The molecule has 29 heavy (non-hydrogen) atoms. The first kappa shape index (κ1) is 21.7. The highest BCUT2D eigenvalue weighted by molar-refractivity contribution is 5.95. The summed E-state index contributed by atoms with van der Waals surface area (Å²) in [4.78, 5) is 22.0. The first-order valence-electron chi connectivity index (χ1n) is 8.92. The molecule has 0 radical (unpaired) electrons. The van der Waals surface area contributed by atoms with Gasteiger partial charge in [-0.25, -0.2) is 9.59 Å². The molecular weight excluding hydrogens is 380 g/mol. The standard InChI is InChI=1S/C20H24N2O7/c1-27-17-10-14(20(25)26)16(22)11-18(17)29-8-4-2-3-7-28-12-5-6-13(19(23)24)15(21)9-12/h5-6,9-11H,2-4,7-8,21-22H2,1H3,(H,23,24)(H,25,26). The molecule has 2 aromatic rings. The third-order valence-corrected chi connectivity index (χ3v) is 4.13. The van der Waals surface area contributed by atoms with Crippen molar-refractivity contribution in [2.75, 3.05) is 31.8 Å². The number of benzene rings is 2. The second kappa shape index (κ2) is 10.1. The minimum absolute atomic E-state index is 0.0385. The summed E-state index contributed by atoms with van der Waals surface area (Å²) in [7, 11) is 1.43. The van der Waals surface area contributed by atoms with Crippen LogP contribution >= 0.6 is 0 Å². The average molecular weight is 404 g/mol. The minimum atomic E-state index is -1.13. The molecule has 2 aromatic carbocycles. The molecule has 0 aromatic heterocycles. The lowest BCUT2D eigenvalue weighted by Crippen LogP contribution is -2.06. The molecule has 0 unspecified atom stereocenters. The molecule has 0 aliphatic rings. The number of anilines is 2. The van der Waals surface area contributed by atoms with Gasteiger partial charge in [-0.2, -0.15) is 0 Å². The van der Waals surface area contributed by atoms with Gasteiger partial charge >= 0.3 is 11.9 Å². The summed E-state index contributed by atoms with van der Waals surface area (Å²) in [5, 5.41) is 18.0. The zero-order chi connectivity index (χ0) is 21.4. The predicted octanol–water partition coefficient (Wildman–Crippen LogP) is 2.88. The fourth-order valence-electron chi connectivity index (χ4n) is 2.61. The third kappa shape index (κ3) is 5.93. The summed E-state index contributed by atoms with van der Waals surface area (Å²) in [6.45, 7) is 0.859. The number of ether oxygens (including phenoxy) is 3. The normalized spacial score (nSPS) is 10.4. The van der Waals surface area contributed by atoms with Crippen LogP contribution in [0.4, 0.5) is 11.4 Å². The molecule has 0 amide bonds. The van der Waals surface area contributed by atoms with Gasteiger partial charge in [0.25, 0.3) is 0 Å². The van der Waals surface area contributed by atoms with E-state index in [1.165, 1.54) is 31.4 Å². The van der Waals surface area contributed by atoms with E-state index >= 15 is 0 Å². The molecule has 0 aliphatic heterocycles. The van der Waals surface area contributed by atoms with Crippen LogP contribution in [-0.2, 0) is 0 Å². The molecule has 6 N–H and O–H groups in total. The lowest BCUT2D eigenvalue weighted by molar-refractivity contribution is 0.0687. The van der Waals surface area contributed by atoms with Gasteiger partial charge in [0, 0.05) is 23.9 Å². The molecule has 9 nitrogen and oxygen atoms in total. The monoisotopic (exact) mass is 404 g/mol. The van der Waals surface area contributed by atoms with Crippen molar-refractivity contribution >= 4 is 23.3 Å². The highest BCUT2D eigenvalue weighted by Crippen LogP contribution is 2.32. The van der Waals surface area contributed by atoms with Gasteiger partial charge in [-0.3, -0.25) is 0 Å². The second-order valence-corrected chi connectivity index (χ2v) is 6.21. The fourth-order valence-corrected chi connectivity index (χ4v) is 2.61. The molecule has 0 saturated carbocycles. The summed E-state index contributed by atoms with van der Waals surface area (Å²) >= 11 is 0. The summed E-state index contributed by atoms with van der Waals surface area (Å²) in [5.41, 5.74) is 11.7. The Morgan fingerprint density at radius 3 is 2.03 bits per heavy atom. The molecule has 0 heterocycles. The van der Waals surface area contributed by atoms with E-state index in [9.17, 15) is 9.59 Å². The van der Waals surface area contributed by atoms with E-state index in [4.69, 9.17) is 35.9 Å². The van der Waals surface area contributed by atoms with Gasteiger partial charge in [-0.15, -0.1) is 0 Å². The van der Waals surface area contributed by atoms with Gasteiger partial charge in [0.05, 0.1) is 37.1 Å². The van der Waals surface area contributed by atoms with Crippen molar-refractivity contribution in [2.24, 2.45) is 0 Å². The molecule has 0 atom stereocenters. The van der Waals surface area contributed by atoms with E-state index in [1.807, 2.05) is 0 Å². The molecule has 0 spiro atoms. The zero-order valence-corrected chi connectivity index (χ0v) is 16.0. The Morgan fingerprint density at radius 1 is 0.828 bits per heavy atom. The Balaban J connectivity index is 1.74. The van der Waals surface area contributed by atoms with E-state index in [2.05, 4.69) is 0 Å². The van der Waals surface area contributed by atoms with Crippen molar-refractivity contribution in [3.05, 3.63) is 41.5 Å². The van der Waals surface area contributed by atoms with E-state index in [0.29, 0.717) is 30.5 Å². The SMILES string of the molecule is COc1cc(C(=O)O)c(N)cc1OCCCCCOc1ccc(C(=O)O)c(N)c1. The Morgan fingerprint density at radius 2 is 1.45 bits per heavy atom. The summed E-state index contributed by atoms with van der Waals surface area (Å²) in [6.07, 6.45) is 2.34. The van der Waals surface area contributed by atoms with Crippen LogP contribution in [0.2, 0.25) is 0 Å². The largest absolute Gasteiger partial charge is 0.494 e. The number of carboxylic acids is 2. The number of nitrogens with two attached hydrogens (primary N) is 2. The number of hydrogen-bond donors (Lipinski definition) is 4. The summed E-state index contributed by atoms with van der Waals surface area (Å²) < 4.78 is 16.4. The number of carbonyl (C=O) groups is 2. The number of nitrogen functional groups attached to an aromatic ring is 2. The molecule has 0 aliphatic carbocycles. The Labute approximate surface area is 167 Å². The smallest absolute Gasteiger partial charge is 0.337 e. The van der Waals surface area contributed by atoms with Crippen LogP contribution in [0.15, 0.2) is 30.3 Å². The van der Waals surface area contributed by atoms with Crippen LogP contribution in [0.25, 0.3) is 0 Å². The third-order valence-electron chi connectivity index (χ3n) is 4.13. The fraction of sp³-hybridized carbons (Fsp3) is 0.300. The van der Waals surface area contributed by atoms with Crippen LogP contribution in [0.1, 0.15) is 40.0 Å². The van der Waals surface area contributed by atoms with Gasteiger partial charge in [0.2, 0.25) is 0 Å². The average Bonchev–Trinajstić information content (AvgIpc) is 2.66. The molecule has 0 fully saturated rings. The highest BCUT2D eigenvalue weighted by Gasteiger charge is 2.14. The van der Waals surface area contributed by atoms with Gasteiger partial charge in [0.15, 0.2) is 11.5 Å². The van der Waals surface area contributed by atoms with Crippen molar-refractivity contribution in [3.63, 3.8) is 0 Å². The van der Waals surface area contributed by atoms with E-state index < -0.39 is 11.9 Å². The Hall–Kier alpha value is -3.62. The van der Waals surface area contributed by atoms with Gasteiger partial charge in [0.1, 0.15) is 5.75 Å². The summed E-state index contributed by atoms with van der Waals surface area (Å²) in [6, 6.07) is 7.25. The summed E-state index contributed by atoms with van der Waals surface area (Å²) in [5.74, 6) is -0.998. The number of carboxylic acid groups (broad SMARTS) is 2. The van der Waals surface area contributed by atoms with Crippen molar-refractivity contribution in [1.82, 2.24) is 0 Å². The second-order valence-electron chi connectivity index (χ2n) is 6.21. The molecular formula is C20H24N2O7.